The zero-order valence-corrected chi connectivity index (χ0v) is 17.5. The highest BCUT2D eigenvalue weighted by Crippen LogP contribution is 2.45. The Balaban J connectivity index is 0.00000210. The molecule has 8 heteroatoms. The number of fused-ring (bicyclic) bond motifs is 1. The van der Waals surface area contributed by atoms with Gasteiger partial charge >= 0.3 is 0 Å². The third-order valence-corrected chi connectivity index (χ3v) is 9.40. The molecule has 0 spiro atoms. The Morgan fingerprint density at radius 1 is 1.11 bits per heavy atom. The topological polar surface area (TPSA) is 80.5 Å². The Hall–Kier alpha value is -0.820. The van der Waals surface area contributed by atoms with Gasteiger partial charge in [-0.2, -0.15) is 0 Å². The monoisotopic (exact) mass is 432 g/mol. The first-order valence-corrected chi connectivity index (χ1v) is 11.3. The average molecular weight is 433 g/mol. The number of benzene rings is 1. The van der Waals surface area contributed by atoms with Crippen molar-refractivity contribution in [3.8, 4) is 0 Å². The van der Waals surface area contributed by atoms with Gasteiger partial charge < -0.3 is 10.6 Å². The Labute approximate surface area is 172 Å². The van der Waals surface area contributed by atoms with Gasteiger partial charge in [-0.25, -0.2) is 8.42 Å². The largest absolute Gasteiger partial charge is 0.341 e. The second kappa shape index (κ2) is 7.54. The fourth-order valence-corrected chi connectivity index (χ4v) is 7.40. The number of hydrogen-bond donors (Lipinski definition) is 1. The highest BCUT2D eigenvalue weighted by molar-refractivity contribution is 7.93. The highest BCUT2D eigenvalue weighted by atomic mass is 35.5. The van der Waals surface area contributed by atoms with E-state index >= 15 is 0 Å². The number of carbonyl (C=O) groups is 1. The molecule has 2 saturated carbocycles. The summed E-state index contributed by atoms with van der Waals surface area (Å²) in [5, 5.41) is 0.483. The van der Waals surface area contributed by atoms with Gasteiger partial charge in [-0.15, -0.1) is 12.4 Å². The summed E-state index contributed by atoms with van der Waals surface area (Å²) in [5.74, 6) is 0.521. The van der Waals surface area contributed by atoms with Crippen molar-refractivity contribution in [1.29, 1.82) is 0 Å². The van der Waals surface area contributed by atoms with Gasteiger partial charge in [-0.05, 0) is 61.8 Å². The number of nitrogens with two attached hydrogens (primary N) is 1. The molecule has 2 aliphatic carbocycles. The number of likely N-dealkylation sites (tertiary alicyclic amines) is 1. The Morgan fingerprint density at radius 3 is 2.33 bits per heavy atom. The summed E-state index contributed by atoms with van der Waals surface area (Å²) in [6, 6.07) is 6.30. The summed E-state index contributed by atoms with van der Waals surface area (Å²) in [5.41, 5.74) is 6.19. The second-order valence-electron chi connectivity index (χ2n) is 8.03. The molecule has 27 heavy (non-hydrogen) atoms. The summed E-state index contributed by atoms with van der Waals surface area (Å²) in [6.45, 7) is 1.25. The van der Waals surface area contributed by atoms with Crippen molar-refractivity contribution in [2.24, 2.45) is 17.6 Å². The molecule has 150 valence electrons. The predicted octanol–water partition coefficient (Wildman–Crippen LogP) is 3.04. The molecule has 3 unspecified atom stereocenters. The minimum atomic E-state index is -3.77. The molecule has 0 aromatic heterocycles. The number of carbonyl (C=O) groups excluding carboxylic acids is 1. The molecule has 4 rings (SSSR count). The van der Waals surface area contributed by atoms with Gasteiger partial charge in [0.2, 0.25) is 5.91 Å². The molecule has 0 bridgehead atoms. The lowest BCUT2D eigenvalue weighted by molar-refractivity contribution is -0.133. The second-order valence-corrected chi connectivity index (χ2v) is 10.7. The van der Waals surface area contributed by atoms with E-state index in [1.54, 1.807) is 17.0 Å². The van der Waals surface area contributed by atoms with Crippen LogP contribution in [0.2, 0.25) is 5.02 Å². The number of sulfone groups is 1. The van der Waals surface area contributed by atoms with Gasteiger partial charge in [0.1, 0.15) is 0 Å². The van der Waals surface area contributed by atoms with Crippen molar-refractivity contribution >= 4 is 39.8 Å². The van der Waals surface area contributed by atoms with Crippen LogP contribution in [0.25, 0.3) is 0 Å². The van der Waals surface area contributed by atoms with Crippen LogP contribution in [0, 0.1) is 11.8 Å². The van der Waals surface area contributed by atoms with Crippen LogP contribution in [0.4, 0.5) is 0 Å². The van der Waals surface area contributed by atoms with E-state index in [1.807, 2.05) is 0 Å². The molecule has 5 nitrogen and oxygen atoms in total. The molecule has 1 aliphatic heterocycles. The summed E-state index contributed by atoms with van der Waals surface area (Å²) in [4.78, 5) is 15.4. The van der Waals surface area contributed by atoms with E-state index in [4.69, 9.17) is 17.3 Å². The number of halogens is 2. The molecule has 1 amide bonds. The predicted molar refractivity (Wildman–Crippen MR) is 108 cm³/mol. The fraction of sp³-hybridized carbons (Fsp3) is 0.632. The molecule has 1 saturated heterocycles. The van der Waals surface area contributed by atoms with Crippen molar-refractivity contribution in [3.05, 3.63) is 29.3 Å². The van der Waals surface area contributed by atoms with E-state index in [0.717, 1.165) is 25.7 Å². The summed E-state index contributed by atoms with van der Waals surface area (Å²) in [7, 11) is -3.77. The first kappa shape index (κ1) is 20.9. The average Bonchev–Trinajstić information content (AvgIpc) is 3.33. The molecule has 1 aromatic carbocycles. The maximum absolute atomic E-state index is 13.5. The highest BCUT2D eigenvalue weighted by Gasteiger charge is 2.56. The normalized spacial score (nSPS) is 29.4. The minimum absolute atomic E-state index is 0. The van der Waals surface area contributed by atoms with Gasteiger partial charge in [-0.3, -0.25) is 4.79 Å². The quantitative estimate of drug-likeness (QED) is 0.795. The van der Waals surface area contributed by atoms with Crippen LogP contribution in [0.1, 0.15) is 38.5 Å². The van der Waals surface area contributed by atoms with E-state index < -0.39 is 14.6 Å². The van der Waals surface area contributed by atoms with Gasteiger partial charge in [0.15, 0.2) is 14.6 Å². The zero-order chi connectivity index (χ0) is 18.5. The van der Waals surface area contributed by atoms with Crippen LogP contribution in [0.3, 0.4) is 0 Å². The van der Waals surface area contributed by atoms with E-state index in [9.17, 15) is 13.2 Å². The molecule has 3 aliphatic rings. The lowest BCUT2D eigenvalue weighted by Crippen LogP contribution is -2.52. The first-order valence-electron chi connectivity index (χ1n) is 9.40. The van der Waals surface area contributed by atoms with E-state index in [1.165, 1.54) is 12.1 Å². The number of rotatable bonds is 3. The molecule has 1 heterocycles. The molecule has 3 fully saturated rings. The summed E-state index contributed by atoms with van der Waals surface area (Å²) in [6.07, 6.45) is 4.36. The van der Waals surface area contributed by atoms with Crippen molar-refractivity contribution in [3.63, 3.8) is 0 Å². The number of hydrogen-bond acceptors (Lipinski definition) is 4. The van der Waals surface area contributed by atoms with Crippen LogP contribution < -0.4 is 5.73 Å². The Morgan fingerprint density at radius 2 is 1.74 bits per heavy atom. The molecular formula is C19H26Cl2N2O3S. The van der Waals surface area contributed by atoms with Gasteiger partial charge in [0.25, 0.3) is 0 Å². The van der Waals surface area contributed by atoms with Crippen LogP contribution in [-0.4, -0.2) is 43.1 Å². The van der Waals surface area contributed by atoms with Crippen LogP contribution >= 0.6 is 24.0 Å². The molecule has 0 radical (unpaired) electrons. The maximum Gasteiger partial charge on any atom is 0.244 e. The van der Waals surface area contributed by atoms with Crippen LogP contribution in [0.15, 0.2) is 29.2 Å². The van der Waals surface area contributed by atoms with Crippen molar-refractivity contribution in [2.45, 2.75) is 54.2 Å². The Kier molecular flexibility index (Phi) is 5.84. The fourth-order valence-electron chi connectivity index (χ4n) is 5.14. The zero-order valence-electron chi connectivity index (χ0n) is 15.1. The van der Waals surface area contributed by atoms with E-state index in [0.29, 0.717) is 42.8 Å². The number of amides is 1. The number of nitrogens with zero attached hydrogens (tertiary/aromatic N) is 1. The SMILES string of the molecule is Cl.NC1CCC2CN(C(=O)C3(S(=O)(=O)c4ccc(Cl)cc4)CCCC3)CC12. The maximum atomic E-state index is 13.5. The van der Waals surface area contributed by atoms with Crippen LogP contribution in [0.5, 0.6) is 0 Å². The van der Waals surface area contributed by atoms with Crippen molar-refractivity contribution in [1.82, 2.24) is 4.90 Å². The molecular weight excluding hydrogens is 407 g/mol. The molecule has 2 N–H and O–H groups in total. The van der Waals surface area contributed by atoms with Gasteiger partial charge in [0, 0.05) is 24.2 Å². The van der Waals surface area contributed by atoms with Crippen molar-refractivity contribution < 1.29 is 13.2 Å². The molecule has 1 aromatic rings. The third kappa shape index (κ3) is 3.28. The van der Waals surface area contributed by atoms with E-state index in [2.05, 4.69) is 0 Å². The van der Waals surface area contributed by atoms with Gasteiger partial charge in [0.05, 0.1) is 4.90 Å². The lowest BCUT2D eigenvalue weighted by Gasteiger charge is -2.32. The van der Waals surface area contributed by atoms with Crippen molar-refractivity contribution in [2.75, 3.05) is 13.1 Å². The first-order chi connectivity index (χ1) is 12.3. The molecule has 3 atom stereocenters. The minimum Gasteiger partial charge on any atom is -0.341 e. The summed E-state index contributed by atoms with van der Waals surface area (Å²) >= 11 is 5.91. The summed E-state index contributed by atoms with van der Waals surface area (Å²) < 4.78 is 25.6. The van der Waals surface area contributed by atoms with Crippen LogP contribution in [-0.2, 0) is 14.6 Å². The smallest absolute Gasteiger partial charge is 0.244 e. The third-order valence-electron chi connectivity index (χ3n) is 6.64. The van der Waals surface area contributed by atoms with E-state index in [-0.39, 0.29) is 29.3 Å². The lowest BCUT2D eigenvalue weighted by atomic mass is 9.98. The van der Waals surface area contributed by atoms with Gasteiger partial charge in [-0.1, -0.05) is 24.4 Å². The standard InChI is InChI=1S/C19H25ClN2O3S.ClH/c20-14-4-6-15(7-5-14)26(24,25)19(9-1-2-10-19)18(23)22-11-13-3-8-17(21)16(13)12-22;/h4-7,13,16-17H,1-3,8-12,21H2;1H. The Bertz CT molecular complexity index is 807.